The van der Waals surface area contributed by atoms with E-state index in [1.54, 1.807) is 7.11 Å². The van der Waals surface area contributed by atoms with Crippen molar-refractivity contribution in [1.29, 1.82) is 0 Å². The highest BCUT2D eigenvalue weighted by Crippen LogP contribution is 2.33. The first-order chi connectivity index (χ1) is 6.72. The number of hydrogen-bond donors (Lipinski definition) is 0. The van der Waals surface area contributed by atoms with Crippen molar-refractivity contribution >= 4 is 5.78 Å². The van der Waals surface area contributed by atoms with E-state index in [9.17, 15) is 4.79 Å². The summed E-state index contributed by atoms with van der Waals surface area (Å²) < 4.78 is 5.15. The van der Waals surface area contributed by atoms with Crippen LogP contribution in [-0.4, -0.2) is 12.9 Å². The summed E-state index contributed by atoms with van der Waals surface area (Å²) in [7, 11) is 1.65. The molecular weight excluding hydrogens is 176 g/mol. The van der Waals surface area contributed by atoms with Gasteiger partial charge in [0.15, 0.2) is 5.78 Å². The Labute approximate surface area is 83.9 Å². The number of hydrogen-bond acceptors (Lipinski definition) is 2. The van der Waals surface area contributed by atoms with E-state index < -0.39 is 0 Å². The van der Waals surface area contributed by atoms with E-state index in [0.29, 0.717) is 12.3 Å². The zero-order valence-electron chi connectivity index (χ0n) is 8.54. The van der Waals surface area contributed by atoms with Crippen LogP contribution in [0.25, 0.3) is 0 Å². The van der Waals surface area contributed by atoms with Crippen LogP contribution in [0.3, 0.4) is 0 Å². The number of ether oxygens (including phenoxy) is 1. The lowest BCUT2D eigenvalue weighted by molar-refractivity contribution is 0.0968. The molecule has 0 unspecified atom stereocenters. The fourth-order valence-corrected chi connectivity index (χ4v) is 1.97. The van der Waals surface area contributed by atoms with Crippen LogP contribution in [0.2, 0.25) is 0 Å². The Hall–Kier alpha value is -1.31. The smallest absolute Gasteiger partial charge is 0.163 e. The van der Waals surface area contributed by atoms with Crippen molar-refractivity contribution in [3.8, 4) is 5.75 Å². The SMILES string of the molecule is COc1ccc2c(c1)[C@@H](C)CCC2=O. The number of Topliss-reactive ketones (excluding diaryl/α,β-unsaturated/α-hetero) is 1. The van der Waals surface area contributed by atoms with Crippen molar-refractivity contribution in [3.05, 3.63) is 29.3 Å². The van der Waals surface area contributed by atoms with Crippen molar-refractivity contribution < 1.29 is 9.53 Å². The Bertz CT molecular complexity index is 369. The summed E-state index contributed by atoms with van der Waals surface area (Å²) in [6.45, 7) is 2.16. The lowest BCUT2D eigenvalue weighted by Gasteiger charge is -2.21. The molecule has 1 aromatic rings. The molecule has 14 heavy (non-hydrogen) atoms. The van der Waals surface area contributed by atoms with Gasteiger partial charge in [-0.15, -0.1) is 0 Å². The minimum Gasteiger partial charge on any atom is -0.497 e. The molecular formula is C12H14O2. The highest BCUT2D eigenvalue weighted by Gasteiger charge is 2.22. The molecule has 0 radical (unpaired) electrons. The molecule has 2 rings (SSSR count). The quantitative estimate of drug-likeness (QED) is 0.680. The van der Waals surface area contributed by atoms with Gasteiger partial charge in [-0.25, -0.2) is 0 Å². The molecule has 1 aromatic carbocycles. The average Bonchev–Trinajstić information content (AvgIpc) is 2.23. The van der Waals surface area contributed by atoms with Gasteiger partial charge < -0.3 is 4.74 Å². The molecule has 0 aromatic heterocycles. The van der Waals surface area contributed by atoms with Gasteiger partial charge >= 0.3 is 0 Å². The minimum absolute atomic E-state index is 0.265. The summed E-state index contributed by atoms with van der Waals surface area (Å²) in [6, 6.07) is 5.72. The first-order valence-electron chi connectivity index (χ1n) is 4.93. The summed E-state index contributed by atoms with van der Waals surface area (Å²) in [5.41, 5.74) is 2.02. The topological polar surface area (TPSA) is 26.3 Å². The van der Waals surface area contributed by atoms with Crippen LogP contribution in [0.4, 0.5) is 0 Å². The van der Waals surface area contributed by atoms with Crippen molar-refractivity contribution in [2.24, 2.45) is 0 Å². The van der Waals surface area contributed by atoms with Gasteiger partial charge in [0.05, 0.1) is 7.11 Å². The van der Waals surface area contributed by atoms with E-state index in [1.807, 2.05) is 18.2 Å². The van der Waals surface area contributed by atoms with Crippen LogP contribution in [0.15, 0.2) is 18.2 Å². The molecule has 1 aliphatic carbocycles. The lowest BCUT2D eigenvalue weighted by atomic mass is 9.83. The Kier molecular flexibility index (Phi) is 2.28. The van der Waals surface area contributed by atoms with Crippen LogP contribution >= 0.6 is 0 Å². The molecule has 0 heterocycles. The number of carbonyl (C=O) groups is 1. The largest absolute Gasteiger partial charge is 0.497 e. The zero-order valence-corrected chi connectivity index (χ0v) is 8.54. The van der Waals surface area contributed by atoms with Crippen molar-refractivity contribution in [3.63, 3.8) is 0 Å². The molecule has 0 fully saturated rings. The average molecular weight is 190 g/mol. The molecule has 0 saturated heterocycles. The second-order valence-electron chi connectivity index (χ2n) is 3.82. The van der Waals surface area contributed by atoms with Gasteiger partial charge in [0.1, 0.15) is 5.75 Å². The van der Waals surface area contributed by atoms with E-state index in [1.165, 1.54) is 0 Å². The molecule has 0 aliphatic heterocycles. The molecule has 0 saturated carbocycles. The summed E-state index contributed by atoms with van der Waals surface area (Å²) >= 11 is 0. The highest BCUT2D eigenvalue weighted by atomic mass is 16.5. The number of methoxy groups -OCH3 is 1. The number of carbonyl (C=O) groups excluding carboxylic acids is 1. The maximum absolute atomic E-state index is 11.6. The molecule has 2 nitrogen and oxygen atoms in total. The molecule has 0 N–H and O–H groups in total. The van der Waals surface area contributed by atoms with E-state index in [2.05, 4.69) is 6.92 Å². The fourth-order valence-electron chi connectivity index (χ4n) is 1.97. The number of rotatable bonds is 1. The summed E-state index contributed by atoms with van der Waals surface area (Å²) in [5, 5.41) is 0. The van der Waals surface area contributed by atoms with Gasteiger partial charge in [-0.1, -0.05) is 6.92 Å². The molecule has 74 valence electrons. The second-order valence-corrected chi connectivity index (χ2v) is 3.82. The Morgan fingerprint density at radius 2 is 2.21 bits per heavy atom. The fraction of sp³-hybridized carbons (Fsp3) is 0.417. The van der Waals surface area contributed by atoms with Gasteiger partial charge in [0.2, 0.25) is 0 Å². The summed E-state index contributed by atoms with van der Waals surface area (Å²) in [5.74, 6) is 1.57. The highest BCUT2D eigenvalue weighted by molar-refractivity contribution is 5.98. The van der Waals surface area contributed by atoms with Crippen LogP contribution in [0.5, 0.6) is 5.75 Å². The maximum atomic E-state index is 11.6. The van der Waals surface area contributed by atoms with Crippen LogP contribution in [-0.2, 0) is 0 Å². The number of ketones is 1. The number of fused-ring (bicyclic) bond motifs is 1. The zero-order chi connectivity index (χ0) is 10.1. The van der Waals surface area contributed by atoms with Crippen LogP contribution in [0, 0.1) is 0 Å². The lowest BCUT2D eigenvalue weighted by Crippen LogP contribution is -2.13. The van der Waals surface area contributed by atoms with Gasteiger partial charge in [-0.3, -0.25) is 4.79 Å². The number of benzene rings is 1. The Balaban J connectivity index is 2.50. The van der Waals surface area contributed by atoms with Crippen LogP contribution < -0.4 is 4.74 Å². The predicted octanol–water partition coefficient (Wildman–Crippen LogP) is 2.78. The third-order valence-corrected chi connectivity index (χ3v) is 2.89. The Morgan fingerprint density at radius 1 is 1.43 bits per heavy atom. The first kappa shape index (κ1) is 9.25. The van der Waals surface area contributed by atoms with Crippen molar-refractivity contribution in [1.82, 2.24) is 0 Å². The van der Waals surface area contributed by atoms with E-state index in [-0.39, 0.29) is 5.78 Å². The second kappa shape index (κ2) is 3.45. The standard InChI is InChI=1S/C12H14O2/c1-8-3-6-12(13)10-5-4-9(14-2)7-11(8)10/h4-5,7-8H,3,6H2,1-2H3/t8-/m0/s1. The molecule has 2 heteroatoms. The molecule has 0 amide bonds. The summed E-state index contributed by atoms with van der Waals surface area (Å²) in [4.78, 5) is 11.6. The molecule has 0 bridgehead atoms. The maximum Gasteiger partial charge on any atom is 0.163 e. The monoisotopic (exact) mass is 190 g/mol. The summed E-state index contributed by atoms with van der Waals surface area (Å²) in [6.07, 6.45) is 1.64. The molecule has 1 atom stereocenters. The third kappa shape index (κ3) is 1.41. The normalized spacial score (nSPS) is 20.4. The first-order valence-corrected chi connectivity index (χ1v) is 4.93. The van der Waals surface area contributed by atoms with E-state index >= 15 is 0 Å². The van der Waals surface area contributed by atoms with Gasteiger partial charge in [0.25, 0.3) is 0 Å². The van der Waals surface area contributed by atoms with Gasteiger partial charge in [-0.05, 0) is 36.1 Å². The van der Waals surface area contributed by atoms with Crippen molar-refractivity contribution in [2.75, 3.05) is 7.11 Å². The van der Waals surface area contributed by atoms with Gasteiger partial charge in [-0.2, -0.15) is 0 Å². The Morgan fingerprint density at radius 3 is 2.93 bits per heavy atom. The van der Waals surface area contributed by atoms with Crippen molar-refractivity contribution in [2.45, 2.75) is 25.7 Å². The van der Waals surface area contributed by atoms with E-state index in [4.69, 9.17) is 4.74 Å². The van der Waals surface area contributed by atoms with Gasteiger partial charge in [0, 0.05) is 12.0 Å². The minimum atomic E-state index is 0.265. The molecule has 0 spiro atoms. The predicted molar refractivity (Wildman–Crippen MR) is 55.0 cm³/mol. The molecule has 1 aliphatic rings. The van der Waals surface area contributed by atoms with E-state index in [0.717, 1.165) is 23.3 Å². The van der Waals surface area contributed by atoms with Crippen LogP contribution in [0.1, 0.15) is 41.6 Å². The third-order valence-electron chi connectivity index (χ3n) is 2.89.